The van der Waals surface area contributed by atoms with Crippen LogP contribution in [0.4, 0.5) is 0 Å². The minimum Gasteiger partial charge on any atom is -0.357 e. The minimum absolute atomic E-state index is 0.0795. The van der Waals surface area contributed by atoms with E-state index >= 15 is 0 Å². The molecule has 0 aromatic heterocycles. The largest absolute Gasteiger partial charge is 0.357 e. The zero-order valence-electron chi connectivity index (χ0n) is 18.0. The maximum atomic E-state index is 11.8. The van der Waals surface area contributed by atoms with Gasteiger partial charge in [-0.1, -0.05) is 24.3 Å². The quantitative estimate of drug-likeness (QED) is 0.441. The Bertz CT molecular complexity index is 1000. The van der Waals surface area contributed by atoms with E-state index in [0.717, 1.165) is 16.7 Å². The van der Waals surface area contributed by atoms with Gasteiger partial charge in [-0.05, 0) is 55.7 Å². The normalized spacial score (nSPS) is 11.8. The number of aliphatic imine (C=N–C) groups is 1. The summed E-state index contributed by atoms with van der Waals surface area (Å²) >= 11 is 0. The van der Waals surface area contributed by atoms with Gasteiger partial charge in [0.05, 0.1) is 11.4 Å². The fraction of sp³-hybridized carbons (Fsp3) is 0.364. The molecule has 3 N–H and O–H groups in total. The van der Waals surface area contributed by atoms with E-state index in [2.05, 4.69) is 20.9 Å². The minimum atomic E-state index is -3.23. The van der Waals surface area contributed by atoms with Crippen LogP contribution in [0.25, 0.3) is 0 Å². The van der Waals surface area contributed by atoms with Crippen molar-refractivity contribution < 1.29 is 13.2 Å². The van der Waals surface area contributed by atoms with Crippen LogP contribution in [-0.4, -0.2) is 39.6 Å². The summed E-state index contributed by atoms with van der Waals surface area (Å²) in [5, 5.41) is 9.25. The number of carbonyl (C=O) groups is 1. The Labute approximate surface area is 178 Å². The Morgan fingerprint density at radius 1 is 0.933 bits per heavy atom. The number of sulfone groups is 1. The number of rotatable bonds is 8. The molecule has 0 spiro atoms. The summed E-state index contributed by atoms with van der Waals surface area (Å²) in [6.07, 6.45) is 1.21. The first-order chi connectivity index (χ1) is 14.2. The zero-order valence-corrected chi connectivity index (χ0v) is 18.8. The second-order valence-corrected chi connectivity index (χ2v) is 8.96. The summed E-state index contributed by atoms with van der Waals surface area (Å²) in [6.45, 7) is 7.97. The molecule has 162 valence electrons. The van der Waals surface area contributed by atoms with E-state index < -0.39 is 9.84 Å². The van der Waals surface area contributed by atoms with Gasteiger partial charge in [0, 0.05) is 31.5 Å². The molecule has 0 bridgehead atoms. The predicted octanol–water partition coefficient (Wildman–Crippen LogP) is 2.40. The third-order valence-electron chi connectivity index (χ3n) is 4.42. The van der Waals surface area contributed by atoms with Crippen LogP contribution in [0.15, 0.2) is 52.4 Å². The van der Waals surface area contributed by atoms with Crippen molar-refractivity contribution in [3.63, 3.8) is 0 Å². The summed E-state index contributed by atoms with van der Waals surface area (Å²) in [5.74, 6) is 0.583. The second-order valence-electron chi connectivity index (χ2n) is 6.98. The highest BCUT2D eigenvalue weighted by Gasteiger charge is 2.11. The molecule has 0 unspecified atom stereocenters. The lowest BCUT2D eigenvalue weighted by Crippen LogP contribution is -2.36. The number of hydrogen-bond donors (Lipinski definition) is 3. The number of nitrogens with one attached hydrogen (secondary N) is 3. The van der Waals surface area contributed by atoms with Crippen LogP contribution in [0.2, 0.25) is 0 Å². The third-order valence-corrected chi connectivity index (χ3v) is 5.67. The molecule has 0 saturated carbocycles. The van der Waals surface area contributed by atoms with Crippen LogP contribution in [0.1, 0.15) is 40.9 Å². The molecule has 2 aromatic carbocycles. The highest BCUT2D eigenvalue weighted by molar-refractivity contribution is 7.90. The molecule has 30 heavy (non-hydrogen) atoms. The second kappa shape index (κ2) is 10.8. The molecule has 7 nitrogen and oxygen atoms in total. The summed E-state index contributed by atoms with van der Waals surface area (Å²) in [4.78, 5) is 16.8. The van der Waals surface area contributed by atoms with Crippen molar-refractivity contribution in [2.45, 2.75) is 38.8 Å². The standard InChI is InChI=1S/C22H30N4O3S/c1-5-23-21(27)19-10-7-17(8-11-19)14-25-22(24-6-2)26-15-18-9-12-20(16(3)13-18)30(4,28)29/h7-13H,5-6,14-15H2,1-4H3,(H,23,27)(H2,24,25,26). The number of hydrogen-bond acceptors (Lipinski definition) is 4. The van der Waals surface area contributed by atoms with Gasteiger partial charge in [-0.3, -0.25) is 4.79 Å². The van der Waals surface area contributed by atoms with Crippen LogP contribution >= 0.6 is 0 Å². The molecule has 8 heteroatoms. The molecule has 2 rings (SSSR count). The maximum Gasteiger partial charge on any atom is 0.251 e. The van der Waals surface area contributed by atoms with E-state index in [-0.39, 0.29) is 5.91 Å². The molecule has 0 saturated heterocycles. The highest BCUT2D eigenvalue weighted by Crippen LogP contribution is 2.17. The van der Waals surface area contributed by atoms with Crippen molar-refractivity contribution in [3.05, 3.63) is 64.7 Å². The molecule has 0 aliphatic carbocycles. The molecular weight excluding hydrogens is 400 g/mol. The molecule has 2 aromatic rings. The lowest BCUT2D eigenvalue weighted by molar-refractivity contribution is 0.0956. The Balaban J connectivity index is 2.03. The van der Waals surface area contributed by atoms with Crippen LogP contribution in [-0.2, 0) is 22.9 Å². The Morgan fingerprint density at radius 3 is 2.13 bits per heavy atom. The monoisotopic (exact) mass is 430 g/mol. The predicted molar refractivity (Wildman–Crippen MR) is 120 cm³/mol. The van der Waals surface area contributed by atoms with E-state index in [4.69, 9.17) is 0 Å². The SMILES string of the molecule is CCNC(=O)c1ccc(CNC(=NCc2ccc(S(C)(=O)=O)c(C)c2)NCC)cc1. The van der Waals surface area contributed by atoms with E-state index in [1.54, 1.807) is 31.2 Å². The van der Waals surface area contributed by atoms with E-state index in [9.17, 15) is 13.2 Å². The molecule has 0 radical (unpaired) electrons. The first kappa shape index (κ1) is 23.4. The van der Waals surface area contributed by atoms with Crippen molar-refractivity contribution in [2.24, 2.45) is 4.99 Å². The highest BCUT2D eigenvalue weighted by atomic mass is 32.2. The van der Waals surface area contributed by atoms with Gasteiger partial charge in [-0.25, -0.2) is 13.4 Å². The number of benzene rings is 2. The fourth-order valence-corrected chi connectivity index (χ4v) is 3.92. The lowest BCUT2D eigenvalue weighted by atomic mass is 10.1. The third kappa shape index (κ3) is 6.88. The number of aryl methyl sites for hydroxylation is 1. The van der Waals surface area contributed by atoms with Crippen LogP contribution < -0.4 is 16.0 Å². The molecule has 0 aliphatic heterocycles. The van der Waals surface area contributed by atoms with Gasteiger partial charge < -0.3 is 16.0 Å². The molecule has 0 atom stereocenters. The van der Waals surface area contributed by atoms with Crippen LogP contribution in [0.3, 0.4) is 0 Å². The van der Waals surface area contributed by atoms with Crippen LogP contribution in [0, 0.1) is 6.92 Å². The van der Waals surface area contributed by atoms with Gasteiger partial charge >= 0.3 is 0 Å². The fourth-order valence-electron chi connectivity index (χ4n) is 2.96. The van der Waals surface area contributed by atoms with Crippen molar-refractivity contribution in [3.8, 4) is 0 Å². The van der Waals surface area contributed by atoms with Gasteiger partial charge in [-0.2, -0.15) is 0 Å². The Morgan fingerprint density at radius 2 is 1.57 bits per heavy atom. The van der Waals surface area contributed by atoms with Gasteiger partial charge in [0.25, 0.3) is 5.91 Å². The molecule has 0 aliphatic rings. The average molecular weight is 431 g/mol. The van der Waals surface area contributed by atoms with E-state index in [0.29, 0.717) is 42.6 Å². The smallest absolute Gasteiger partial charge is 0.251 e. The summed E-state index contributed by atoms with van der Waals surface area (Å²) in [7, 11) is -3.23. The van der Waals surface area contributed by atoms with Gasteiger partial charge in [0.2, 0.25) is 0 Å². The van der Waals surface area contributed by atoms with Crippen molar-refractivity contribution in [1.29, 1.82) is 0 Å². The number of guanidine groups is 1. The van der Waals surface area contributed by atoms with Crippen molar-refractivity contribution >= 4 is 21.7 Å². The average Bonchev–Trinajstić information content (AvgIpc) is 2.69. The Kier molecular flexibility index (Phi) is 8.41. The zero-order chi connectivity index (χ0) is 22.1. The summed E-state index contributed by atoms with van der Waals surface area (Å²) in [5.41, 5.74) is 3.31. The first-order valence-electron chi connectivity index (χ1n) is 9.93. The van der Waals surface area contributed by atoms with Crippen molar-refractivity contribution in [2.75, 3.05) is 19.3 Å². The lowest BCUT2D eigenvalue weighted by Gasteiger charge is -2.12. The molecule has 0 fully saturated rings. The molecular formula is C22H30N4O3S. The van der Waals surface area contributed by atoms with Crippen molar-refractivity contribution in [1.82, 2.24) is 16.0 Å². The van der Waals surface area contributed by atoms with Gasteiger partial charge in [-0.15, -0.1) is 0 Å². The number of amides is 1. The molecule has 1 amide bonds. The summed E-state index contributed by atoms with van der Waals surface area (Å²) < 4.78 is 23.5. The molecule has 0 heterocycles. The summed E-state index contributed by atoms with van der Waals surface area (Å²) in [6, 6.07) is 12.7. The number of nitrogens with zero attached hydrogens (tertiary/aromatic N) is 1. The Hall–Kier alpha value is -2.87. The van der Waals surface area contributed by atoms with Crippen LogP contribution in [0.5, 0.6) is 0 Å². The number of carbonyl (C=O) groups excluding carboxylic acids is 1. The van der Waals surface area contributed by atoms with E-state index in [1.807, 2.05) is 32.0 Å². The topological polar surface area (TPSA) is 99.7 Å². The van der Waals surface area contributed by atoms with Gasteiger partial charge in [0.15, 0.2) is 15.8 Å². The first-order valence-corrected chi connectivity index (χ1v) is 11.8. The van der Waals surface area contributed by atoms with Gasteiger partial charge in [0.1, 0.15) is 0 Å². The van der Waals surface area contributed by atoms with E-state index in [1.165, 1.54) is 6.26 Å². The maximum absolute atomic E-state index is 11.8.